The van der Waals surface area contributed by atoms with Crippen LogP contribution in [0.4, 0.5) is 26.3 Å². The third-order valence-corrected chi connectivity index (χ3v) is 4.72. The Bertz CT molecular complexity index is 347. The summed E-state index contributed by atoms with van der Waals surface area (Å²) in [4.78, 5) is 0. The third kappa shape index (κ3) is 5.51. The zero-order valence-electron chi connectivity index (χ0n) is 14.1. The summed E-state index contributed by atoms with van der Waals surface area (Å²) in [5.74, 6) is -0.602. The summed E-state index contributed by atoms with van der Waals surface area (Å²) in [6.45, 7) is 2.02. The van der Waals surface area contributed by atoms with Crippen LogP contribution in [0, 0.1) is 11.8 Å². The molecule has 0 saturated heterocycles. The number of hydrogen-bond donors (Lipinski definition) is 0. The minimum absolute atomic E-state index is 0.134. The van der Waals surface area contributed by atoms with Crippen molar-refractivity contribution in [3.8, 4) is 0 Å². The predicted octanol–water partition coefficient (Wildman–Crippen LogP) is 5.86. The normalized spacial score (nSPS) is 19.5. The highest BCUT2D eigenvalue weighted by molar-refractivity contribution is 4.96. The average molecular weight is 364 g/mol. The van der Waals surface area contributed by atoms with E-state index >= 15 is 0 Å². The van der Waals surface area contributed by atoms with Crippen LogP contribution in [0.5, 0.6) is 0 Å². The number of hydrogen-bond acceptors (Lipinski definition) is 2. The Kier molecular flexibility index (Phi) is 7.84. The van der Waals surface area contributed by atoms with E-state index in [0.29, 0.717) is 0 Å². The van der Waals surface area contributed by atoms with Crippen LogP contribution in [-0.2, 0) is 9.47 Å². The van der Waals surface area contributed by atoms with Gasteiger partial charge in [0.2, 0.25) is 0 Å². The topological polar surface area (TPSA) is 18.5 Å². The molecule has 144 valence electrons. The van der Waals surface area contributed by atoms with Gasteiger partial charge in [0.15, 0.2) is 0 Å². The highest BCUT2D eigenvalue weighted by atomic mass is 19.4. The Labute approximate surface area is 138 Å². The lowest BCUT2D eigenvalue weighted by molar-refractivity contribution is -0.397. The van der Waals surface area contributed by atoms with E-state index in [4.69, 9.17) is 4.74 Å². The fraction of sp³-hybridized carbons (Fsp3) is 1.00. The Morgan fingerprint density at radius 1 is 0.958 bits per heavy atom. The zero-order chi connectivity index (χ0) is 18.4. The molecular formula is C16H26F6O2. The van der Waals surface area contributed by atoms with Gasteiger partial charge in [-0.2, -0.15) is 26.3 Å². The largest absolute Gasteiger partial charge is 0.426 e. The molecule has 0 amide bonds. The van der Waals surface area contributed by atoms with E-state index in [1.165, 1.54) is 6.92 Å². The van der Waals surface area contributed by atoms with Crippen molar-refractivity contribution >= 4 is 0 Å². The van der Waals surface area contributed by atoms with Crippen LogP contribution in [-0.4, -0.2) is 31.4 Å². The zero-order valence-corrected chi connectivity index (χ0v) is 14.1. The van der Waals surface area contributed by atoms with Gasteiger partial charge in [-0.15, -0.1) is 0 Å². The van der Waals surface area contributed by atoms with Crippen LogP contribution in [0.25, 0.3) is 0 Å². The summed E-state index contributed by atoms with van der Waals surface area (Å²) in [7, 11) is 0. The van der Waals surface area contributed by atoms with Crippen molar-refractivity contribution in [3.63, 3.8) is 0 Å². The molecule has 0 aromatic heterocycles. The second-order valence-corrected chi connectivity index (χ2v) is 6.68. The van der Waals surface area contributed by atoms with E-state index < -0.39 is 37.1 Å². The van der Waals surface area contributed by atoms with E-state index in [9.17, 15) is 26.3 Å². The van der Waals surface area contributed by atoms with Gasteiger partial charge in [0.1, 0.15) is 6.79 Å². The van der Waals surface area contributed by atoms with Crippen LogP contribution < -0.4 is 0 Å². The van der Waals surface area contributed by atoms with Crippen molar-refractivity contribution in [2.75, 3.05) is 13.4 Å². The molecule has 24 heavy (non-hydrogen) atoms. The molecule has 8 heteroatoms. The summed E-state index contributed by atoms with van der Waals surface area (Å²) in [6.07, 6.45) is -7.18. The van der Waals surface area contributed by atoms with Crippen molar-refractivity contribution in [3.05, 3.63) is 0 Å². The van der Waals surface area contributed by atoms with Crippen LogP contribution in [0.15, 0.2) is 0 Å². The maximum Gasteiger partial charge on any atom is 0.426 e. The van der Waals surface area contributed by atoms with Gasteiger partial charge in [-0.3, -0.25) is 0 Å². The molecule has 0 aromatic rings. The van der Waals surface area contributed by atoms with Gasteiger partial charge in [0, 0.05) is 0 Å². The summed E-state index contributed by atoms with van der Waals surface area (Å²) >= 11 is 0. The molecule has 1 saturated carbocycles. The quantitative estimate of drug-likeness (QED) is 0.305. The van der Waals surface area contributed by atoms with Gasteiger partial charge in [0.05, 0.1) is 6.61 Å². The van der Waals surface area contributed by atoms with Gasteiger partial charge in [-0.05, 0) is 31.1 Å². The minimum atomic E-state index is -5.55. The first kappa shape index (κ1) is 21.5. The molecule has 0 spiro atoms. The number of alkyl halides is 6. The Morgan fingerprint density at radius 2 is 1.50 bits per heavy atom. The van der Waals surface area contributed by atoms with E-state index in [-0.39, 0.29) is 18.9 Å². The molecule has 0 bridgehead atoms. The molecule has 0 N–H and O–H groups in total. The minimum Gasteiger partial charge on any atom is -0.355 e. The molecule has 0 aliphatic heterocycles. The maximum atomic E-state index is 13.2. The van der Waals surface area contributed by atoms with Gasteiger partial charge in [0.25, 0.3) is 5.60 Å². The first-order chi connectivity index (χ1) is 11.0. The summed E-state index contributed by atoms with van der Waals surface area (Å²) in [6, 6.07) is 0. The second kappa shape index (κ2) is 8.74. The van der Waals surface area contributed by atoms with E-state index in [2.05, 4.69) is 4.74 Å². The molecule has 2 nitrogen and oxygen atoms in total. The van der Waals surface area contributed by atoms with E-state index in [1.54, 1.807) is 6.92 Å². The van der Waals surface area contributed by atoms with Gasteiger partial charge < -0.3 is 9.47 Å². The van der Waals surface area contributed by atoms with E-state index in [0.717, 1.165) is 32.1 Å². The number of rotatable bonds is 8. The molecule has 1 aliphatic carbocycles. The molecule has 1 fully saturated rings. The highest BCUT2D eigenvalue weighted by Crippen LogP contribution is 2.49. The van der Waals surface area contributed by atoms with Crippen LogP contribution in [0.3, 0.4) is 0 Å². The van der Waals surface area contributed by atoms with Crippen LogP contribution in [0.1, 0.15) is 58.8 Å². The molecule has 1 atom stereocenters. The summed E-state index contributed by atoms with van der Waals surface area (Å²) in [5.41, 5.74) is -4.18. The number of ether oxygens (including phenoxy) is 2. The Balaban J connectivity index is 2.73. The fourth-order valence-electron chi connectivity index (χ4n) is 2.96. The van der Waals surface area contributed by atoms with Crippen molar-refractivity contribution in [2.45, 2.75) is 76.7 Å². The molecule has 0 heterocycles. The molecular weight excluding hydrogens is 338 g/mol. The SMILES string of the molecule is CCC(C)CC(OCOCC1CCCCC1)(C(F)(F)F)C(F)(F)F. The van der Waals surface area contributed by atoms with Crippen LogP contribution >= 0.6 is 0 Å². The standard InChI is InChI=1S/C16H26F6O2/c1-3-12(2)9-14(15(17,18)19,16(20,21)22)24-11-23-10-13-7-5-4-6-8-13/h12-13H,3-11H2,1-2H3. The first-order valence-electron chi connectivity index (χ1n) is 8.38. The van der Waals surface area contributed by atoms with Crippen molar-refractivity contribution < 1.29 is 35.8 Å². The van der Waals surface area contributed by atoms with Crippen molar-refractivity contribution in [1.29, 1.82) is 0 Å². The Hall–Kier alpha value is -0.500. The average Bonchev–Trinajstić information content (AvgIpc) is 2.48. The van der Waals surface area contributed by atoms with E-state index in [1.807, 2.05) is 0 Å². The molecule has 1 aliphatic rings. The van der Waals surface area contributed by atoms with Gasteiger partial charge >= 0.3 is 12.4 Å². The van der Waals surface area contributed by atoms with Crippen molar-refractivity contribution in [1.82, 2.24) is 0 Å². The smallest absolute Gasteiger partial charge is 0.355 e. The molecule has 0 aromatic carbocycles. The second-order valence-electron chi connectivity index (χ2n) is 6.68. The molecule has 0 radical (unpaired) electrons. The van der Waals surface area contributed by atoms with Gasteiger partial charge in [-0.25, -0.2) is 0 Å². The predicted molar refractivity (Wildman–Crippen MR) is 77.4 cm³/mol. The molecule has 1 rings (SSSR count). The third-order valence-electron chi connectivity index (χ3n) is 4.72. The highest BCUT2D eigenvalue weighted by Gasteiger charge is 2.72. The monoisotopic (exact) mass is 364 g/mol. The van der Waals surface area contributed by atoms with Crippen molar-refractivity contribution in [2.24, 2.45) is 11.8 Å². The summed E-state index contributed by atoms with van der Waals surface area (Å²) in [5, 5.41) is 0. The van der Waals surface area contributed by atoms with Gasteiger partial charge in [-0.1, -0.05) is 39.5 Å². The fourth-order valence-corrected chi connectivity index (χ4v) is 2.96. The first-order valence-corrected chi connectivity index (χ1v) is 8.38. The lowest BCUT2D eigenvalue weighted by Gasteiger charge is -2.38. The Morgan fingerprint density at radius 3 is 1.96 bits per heavy atom. The maximum absolute atomic E-state index is 13.2. The number of halogens is 6. The lowest BCUT2D eigenvalue weighted by Crippen LogP contribution is -2.59. The van der Waals surface area contributed by atoms with Crippen LogP contribution in [0.2, 0.25) is 0 Å². The lowest BCUT2D eigenvalue weighted by atomic mass is 9.88. The summed E-state index contributed by atoms with van der Waals surface area (Å²) < 4.78 is 88.9. The molecule has 1 unspecified atom stereocenters.